The van der Waals surface area contributed by atoms with Crippen LogP contribution in [0.1, 0.15) is 52.4 Å². The molecule has 0 unspecified atom stereocenters. The third kappa shape index (κ3) is 1.97. The molecule has 0 atom stereocenters. The van der Waals surface area contributed by atoms with Crippen molar-refractivity contribution in [1.29, 1.82) is 0 Å². The second-order valence-corrected chi connectivity index (χ2v) is 4.61. The molecule has 1 aromatic heterocycles. The lowest BCUT2D eigenvalue weighted by atomic mass is 10.1. The van der Waals surface area contributed by atoms with Gasteiger partial charge < -0.3 is 15.5 Å². The fourth-order valence-electron chi connectivity index (χ4n) is 2.52. The molecule has 0 radical (unpaired) electrons. The lowest BCUT2D eigenvalue weighted by molar-refractivity contribution is 0.0514. The Morgan fingerprint density at radius 2 is 2.11 bits per heavy atom. The maximum Gasteiger partial charge on any atom is 0.357 e. The van der Waals surface area contributed by atoms with E-state index >= 15 is 0 Å². The molecule has 2 N–H and O–H groups in total. The van der Waals surface area contributed by atoms with Crippen LogP contribution in [0.5, 0.6) is 0 Å². The van der Waals surface area contributed by atoms with Crippen LogP contribution in [-0.2, 0) is 11.3 Å². The summed E-state index contributed by atoms with van der Waals surface area (Å²) in [6.45, 7) is 6.93. The minimum Gasteiger partial charge on any atom is -0.461 e. The molecule has 1 aromatic rings. The number of carbonyl (C=O) groups is 2. The number of rotatable bonds is 4. The molecule has 1 aliphatic rings. The van der Waals surface area contributed by atoms with Crippen molar-refractivity contribution >= 4 is 11.9 Å². The molecule has 2 rings (SSSR count). The molecule has 0 saturated carbocycles. The highest BCUT2D eigenvalue weighted by molar-refractivity contribution is 6.03. The number of nitrogens with zero attached hydrogens (tertiary/aromatic N) is 2. The molecule has 1 aliphatic heterocycles. The number of nitrogens with two attached hydrogens (primary N) is 1. The maximum absolute atomic E-state index is 12.3. The minimum absolute atomic E-state index is 0.0518. The zero-order chi connectivity index (χ0) is 14.2. The summed E-state index contributed by atoms with van der Waals surface area (Å²) in [6.07, 6.45) is 0.893. The van der Waals surface area contributed by atoms with Crippen LogP contribution < -0.4 is 5.84 Å². The Hall–Kier alpha value is -1.98. The largest absolute Gasteiger partial charge is 0.461 e. The number of esters is 1. The fourth-order valence-corrected chi connectivity index (χ4v) is 2.52. The highest BCUT2D eigenvalue weighted by atomic mass is 16.5. The van der Waals surface area contributed by atoms with Gasteiger partial charge in [-0.25, -0.2) is 4.79 Å². The Balaban J connectivity index is 2.41. The Bertz CT molecular complexity index is 534. The van der Waals surface area contributed by atoms with Crippen LogP contribution in [0.3, 0.4) is 0 Å². The molecular weight excluding hydrogens is 246 g/mol. The first-order valence-corrected chi connectivity index (χ1v) is 6.48. The van der Waals surface area contributed by atoms with Crippen LogP contribution in [-0.4, -0.2) is 34.6 Å². The molecule has 0 fully saturated rings. The second kappa shape index (κ2) is 4.95. The van der Waals surface area contributed by atoms with Crippen molar-refractivity contribution in [3.63, 3.8) is 0 Å². The van der Waals surface area contributed by atoms with Crippen LogP contribution in [0.4, 0.5) is 0 Å². The number of amides is 1. The molecule has 6 heteroatoms. The topological polar surface area (TPSA) is 77.6 Å². The molecule has 0 aromatic carbocycles. The minimum atomic E-state index is -0.480. The van der Waals surface area contributed by atoms with Crippen molar-refractivity contribution in [2.45, 2.75) is 33.7 Å². The van der Waals surface area contributed by atoms with Crippen molar-refractivity contribution in [2.75, 3.05) is 19.0 Å². The van der Waals surface area contributed by atoms with Gasteiger partial charge in [0, 0.05) is 6.54 Å². The highest BCUT2D eigenvalue weighted by Gasteiger charge is 2.36. The van der Waals surface area contributed by atoms with Crippen LogP contribution in [0.2, 0.25) is 0 Å². The standard InChI is InChI=1S/C13H19N3O3/c1-4-6-15-7-9-10(12(15)17)8(3)11(16(9)14)13(18)19-5-2/h4-7,14H2,1-3H3. The smallest absolute Gasteiger partial charge is 0.357 e. The summed E-state index contributed by atoms with van der Waals surface area (Å²) in [5.41, 5.74) is 2.13. The van der Waals surface area contributed by atoms with E-state index in [0.717, 1.165) is 6.42 Å². The number of hydrogen-bond acceptors (Lipinski definition) is 4. The molecule has 0 saturated heterocycles. The Morgan fingerprint density at radius 3 is 2.63 bits per heavy atom. The molecule has 2 heterocycles. The van der Waals surface area contributed by atoms with Crippen molar-refractivity contribution in [3.8, 4) is 0 Å². The Morgan fingerprint density at radius 1 is 1.42 bits per heavy atom. The third-order valence-electron chi connectivity index (χ3n) is 3.35. The average molecular weight is 265 g/mol. The number of carbonyl (C=O) groups excluding carboxylic acids is 2. The van der Waals surface area contributed by atoms with Crippen LogP contribution in [0.15, 0.2) is 0 Å². The van der Waals surface area contributed by atoms with Gasteiger partial charge in [-0.05, 0) is 25.8 Å². The van der Waals surface area contributed by atoms with Gasteiger partial charge in [-0.2, -0.15) is 0 Å². The van der Waals surface area contributed by atoms with Gasteiger partial charge in [-0.15, -0.1) is 0 Å². The van der Waals surface area contributed by atoms with Gasteiger partial charge in [0.05, 0.1) is 24.4 Å². The molecule has 1 amide bonds. The molecule has 104 valence electrons. The predicted molar refractivity (Wildman–Crippen MR) is 70.3 cm³/mol. The lowest BCUT2D eigenvalue weighted by Gasteiger charge is -2.16. The van der Waals surface area contributed by atoms with Crippen molar-refractivity contribution in [3.05, 3.63) is 22.5 Å². The summed E-state index contributed by atoms with van der Waals surface area (Å²) in [4.78, 5) is 25.9. The summed E-state index contributed by atoms with van der Waals surface area (Å²) >= 11 is 0. The average Bonchev–Trinajstić information content (AvgIpc) is 2.79. The van der Waals surface area contributed by atoms with Gasteiger partial charge >= 0.3 is 5.97 Å². The summed E-state index contributed by atoms with van der Waals surface area (Å²) in [5.74, 6) is 5.41. The van der Waals surface area contributed by atoms with Crippen LogP contribution in [0, 0.1) is 6.92 Å². The molecule has 6 nitrogen and oxygen atoms in total. The monoisotopic (exact) mass is 265 g/mol. The van der Waals surface area contributed by atoms with Crippen molar-refractivity contribution < 1.29 is 14.3 Å². The van der Waals surface area contributed by atoms with Gasteiger partial charge in [0.1, 0.15) is 0 Å². The first kappa shape index (κ1) is 13.5. The summed E-state index contributed by atoms with van der Waals surface area (Å²) in [7, 11) is 0. The quantitative estimate of drug-likeness (QED) is 0.652. The zero-order valence-corrected chi connectivity index (χ0v) is 11.5. The maximum atomic E-state index is 12.3. The zero-order valence-electron chi connectivity index (χ0n) is 11.5. The SMILES string of the molecule is CCCN1Cc2c(c(C)c(C(=O)OCC)n2N)C1=O. The summed E-state index contributed by atoms with van der Waals surface area (Å²) in [6, 6.07) is 0. The molecule has 0 bridgehead atoms. The van der Waals surface area contributed by atoms with Gasteiger partial charge in [0.2, 0.25) is 0 Å². The van der Waals surface area contributed by atoms with Gasteiger partial charge in [-0.1, -0.05) is 6.92 Å². The van der Waals surface area contributed by atoms with Crippen molar-refractivity contribution in [1.82, 2.24) is 9.58 Å². The van der Waals surface area contributed by atoms with E-state index in [1.54, 1.807) is 18.7 Å². The first-order valence-electron chi connectivity index (χ1n) is 6.48. The summed E-state index contributed by atoms with van der Waals surface area (Å²) < 4.78 is 6.27. The first-order chi connectivity index (χ1) is 9.02. The van der Waals surface area contributed by atoms with E-state index < -0.39 is 5.97 Å². The van der Waals surface area contributed by atoms with Crippen molar-refractivity contribution in [2.24, 2.45) is 0 Å². The van der Waals surface area contributed by atoms with Gasteiger partial charge in [0.15, 0.2) is 5.69 Å². The number of aromatic nitrogens is 1. The van der Waals surface area contributed by atoms with E-state index in [1.165, 1.54) is 4.68 Å². The number of nitrogen functional groups attached to an aromatic ring is 1. The van der Waals surface area contributed by atoms with Crippen LogP contribution >= 0.6 is 0 Å². The number of ether oxygens (including phenoxy) is 1. The lowest BCUT2D eigenvalue weighted by Crippen LogP contribution is -2.28. The number of hydrogen-bond donors (Lipinski definition) is 1. The van der Waals surface area contributed by atoms with Gasteiger partial charge in [0.25, 0.3) is 5.91 Å². The Labute approximate surface area is 112 Å². The van der Waals surface area contributed by atoms with E-state index in [-0.39, 0.29) is 18.2 Å². The molecule has 0 aliphatic carbocycles. The third-order valence-corrected chi connectivity index (χ3v) is 3.35. The van der Waals surface area contributed by atoms with E-state index in [2.05, 4.69) is 0 Å². The van der Waals surface area contributed by atoms with Crippen LogP contribution in [0.25, 0.3) is 0 Å². The molecule has 19 heavy (non-hydrogen) atoms. The van der Waals surface area contributed by atoms with Gasteiger partial charge in [-0.3, -0.25) is 9.47 Å². The normalized spacial score (nSPS) is 13.8. The number of fused-ring (bicyclic) bond motifs is 1. The highest BCUT2D eigenvalue weighted by Crippen LogP contribution is 2.29. The predicted octanol–water partition coefficient (Wildman–Crippen LogP) is 1.05. The molecule has 0 spiro atoms. The van der Waals surface area contributed by atoms with E-state index in [1.807, 2.05) is 6.92 Å². The fraction of sp³-hybridized carbons (Fsp3) is 0.538. The van der Waals surface area contributed by atoms with E-state index in [4.69, 9.17) is 10.6 Å². The second-order valence-electron chi connectivity index (χ2n) is 4.61. The summed E-state index contributed by atoms with van der Waals surface area (Å²) in [5, 5.41) is 0. The van der Waals surface area contributed by atoms with E-state index in [9.17, 15) is 9.59 Å². The Kier molecular flexibility index (Phi) is 3.50. The molecular formula is C13H19N3O3. The van der Waals surface area contributed by atoms with E-state index in [0.29, 0.717) is 29.9 Å².